The van der Waals surface area contributed by atoms with Gasteiger partial charge in [-0.05, 0) is 68.2 Å². The second-order valence-corrected chi connectivity index (χ2v) is 7.34. The number of carbonyl (C=O) groups excluding carboxylic acids is 3. The van der Waals surface area contributed by atoms with Gasteiger partial charge < -0.3 is 9.47 Å². The van der Waals surface area contributed by atoms with Crippen molar-refractivity contribution in [2.75, 3.05) is 18.1 Å². The van der Waals surface area contributed by atoms with Gasteiger partial charge in [0, 0.05) is 5.56 Å². The van der Waals surface area contributed by atoms with Crippen molar-refractivity contribution in [1.82, 2.24) is 5.32 Å². The molecule has 1 saturated heterocycles. The number of rotatable bonds is 9. The third-order valence-corrected chi connectivity index (χ3v) is 5.12. The van der Waals surface area contributed by atoms with E-state index in [0.29, 0.717) is 42.4 Å². The molecular formula is C26H28N2O5. The summed E-state index contributed by atoms with van der Waals surface area (Å²) in [4.78, 5) is 39.2. The molecule has 0 radical (unpaired) electrons. The number of hydrogen-bond donors (Lipinski definition) is 1. The lowest BCUT2D eigenvalue weighted by molar-refractivity contribution is -0.122. The number of hydrogen-bond acceptors (Lipinski definition) is 5. The number of nitrogens with one attached hydrogen (secondary N) is 1. The van der Waals surface area contributed by atoms with Crippen LogP contribution in [0, 0.1) is 0 Å². The number of nitrogens with zero attached hydrogens (tertiary/aromatic N) is 1. The minimum absolute atomic E-state index is 0.148. The fourth-order valence-corrected chi connectivity index (χ4v) is 3.58. The van der Waals surface area contributed by atoms with E-state index < -0.39 is 17.8 Å². The van der Waals surface area contributed by atoms with E-state index in [2.05, 4.69) is 11.9 Å². The zero-order valence-electron chi connectivity index (χ0n) is 19.1. The molecule has 1 N–H and O–H groups in total. The number of allylic oxidation sites excluding steroid dienone is 1. The van der Waals surface area contributed by atoms with Crippen LogP contribution in [0.2, 0.25) is 0 Å². The van der Waals surface area contributed by atoms with Crippen LogP contribution in [-0.4, -0.2) is 31.1 Å². The highest BCUT2D eigenvalue weighted by atomic mass is 16.5. The van der Waals surface area contributed by atoms with Crippen LogP contribution in [0.4, 0.5) is 10.5 Å². The molecule has 1 fully saturated rings. The SMILES string of the molecule is C=CCc1cc(/C=C2/C(=O)NC(=O)N(c3ccc(CC)cc3)C2=O)cc(OCC)c1OCC. The number of anilines is 1. The molecule has 0 saturated carbocycles. The predicted molar refractivity (Wildman–Crippen MR) is 128 cm³/mol. The summed E-state index contributed by atoms with van der Waals surface area (Å²) in [5, 5.41) is 2.26. The summed E-state index contributed by atoms with van der Waals surface area (Å²) < 4.78 is 11.5. The zero-order chi connectivity index (χ0) is 24.0. The van der Waals surface area contributed by atoms with Gasteiger partial charge in [-0.2, -0.15) is 0 Å². The molecule has 0 aliphatic carbocycles. The van der Waals surface area contributed by atoms with Crippen LogP contribution in [-0.2, 0) is 22.4 Å². The lowest BCUT2D eigenvalue weighted by atomic mass is 10.0. The van der Waals surface area contributed by atoms with Crippen LogP contribution in [0.1, 0.15) is 37.5 Å². The first-order valence-electron chi connectivity index (χ1n) is 11.0. The normalized spacial score (nSPS) is 14.9. The number of ether oxygens (including phenoxy) is 2. The standard InChI is InChI=1S/C26H28N2O5/c1-5-9-19-14-18(16-22(32-7-3)23(19)33-8-4)15-21-24(29)27-26(31)28(25(21)30)20-12-10-17(6-2)11-13-20/h5,10-16H,1,6-9H2,2-4H3,(H,27,29,31)/b21-15-. The van der Waals surface area contributed by atoms with Gasteiger partial charge in [-0.15, -0.1) is 6.58 Å². The fraction of sp³-hybridized carbons (Fsp3) is 0.269. The molecule has 0 aromatic heterocycles. The zero-order valence-corrected chi connectivity index (χ0v) is 19.1. The smallest absolute Gasteiger partial charge is 0.335 e. The van der Waals surface area contributed by atoms with E-state index in [9.17, 15) is 14.4 Å². The minimum atomic E-state index is -0.777. The third kappa shape index (κ3) is 5.14. The Labute approximate surface area is 193 Å². The van der Waals surface area contributed by atoms with Gasteiger partial charge in [-0.25, -0.2) is 9.69 Å². The van der Waals surface area contributed by atoms with E-state index in [-0.39, 0.29) is 5.57 Å². The van der Waals surface area contributed by atoms with Crippen LogP contribution in [0.3, 0.4) is 0 Å². The molecule has 1 heterocycles. The quantitative estimate of drug-likeness (QED) is 0.348. The van der Waals surface area contributed by atoms with Crippen LogP contribution in [0.5, 0.6) is 11.5 Å². The van der Waals surface area contributed by atoms with Crippen LogP contribution in [0.25, 0.3) is 6.08 Å². The topological polar surface area (TPSA) is 84.9 Å². The highest BCUT2D eigenvalue weighted by molar-refractivity contribution is 6.39. The first kappa shape index (κ1) is 23.8. The summed E-state index contributed by atoms with van der Waals surface area (Å²) in [6.45, 7) is 10.4. The van der Waals surface area contributed by atoms with Crippen molar-refractivity contribution < 1.29 is 23.9 Å². The molecule has 7 nitrogen and oxygen atoms in total. The number of carbonyl (C=O) groups is 3. The minimum Gasteiger partial charge on any atom is -0.490 e. The fourth-order valence-electron chi connectivity index (χ4n) is 3.58. The molecule has 1 aliphatic rings. The molecule has 2 aromatic rings. The lowest BCUT2D eigenvalue weighted by Gasteiger charge is -2.26. The highest BCUT2D eigenvalue weighted by Crippen LogP contribution is 2.35. The van der Waals surface area contributed by atoms with Gasteiger partial charge in [-0.1, -0.05) is 25.1 Å². The highest BCUT2D eigenvalue weighted by Gasteiger charge is 2.36. The van der Waals surface area contributed by atoms with E-state index in [1.54, 1.807) is 24.3 Å². The van der Waals surface area contributed by atoms with Crippen molar-refractivity contribution in [3.8, 4) is 11.5 Å². The van der Waals surface area contributed by atoms with Gasteiger partial charge >= 0.3 is 6.03 Å². The van der Waals surface area contributed by atoms with Crippen LogP contribution in [0.15, 0.2) is 54.6 Å². The summed E-state index contributed by atoms with van der Waals surface area (Å²) in [6, 6.07) is 9.83. The Morgan fingerprint density at radius 3 is 2.30 bits per heavy atom. The molecule has 0 atom stereocenters. The molecule has 7 heteroatoms. The first-order chi connectivity index (χ1) is 15.9. The molecule has 4 amide bonds. The van der Waals surface area contributed by atoms with E-state index in [1.165, 1.54) is 6.08 Å². The molecule has 3 rings (SSSR count). The number of amides is 4. The maximum Gasteiger partial charge on any atom is 0.335 e. The van der Waals surface area contributed by atoms with E-state index >= 15 is 0 Å². The average Bonchev–Trinajstić information content (AvgIpc) is 2.79. The number of aryl methyl sites for hydroxylation is 1. The molecule has 1 aliphatic heterocycles. The lowest BCUT2D eigenvalue weighted by Crippen LogP contribution is -2.54. The molecular weight excluding hydrogens is 420 g/mol. The molecule has 0 spiro atoms. The van der Waals surface area contributed by atoms with Crippen molar-refractivity contribution >= 4 is 29.6 Å². The van der Waals surface area contributed by atoms with Gasteiger partial charge in [0.05, 0.1) is 18.9 Å². The second-order valence-electron chi connectivity index (χ2n) is 7.34. The molecule has 0 unspecified atom stereocenters. The summed E-state index contributed by atoms with van der Waals surface area (Å²) >= 11 is 0. The Balaban J connectivity index is 2.05. The van der Waals surface area contributed by atoms with E-state index in [1.807, 2.05) is 39.0 Å². The van der Waals surface area contributed by atoms with Crippen molar-refractivity contribution in [3.05, 3.63) is 71.3 Å². The molecule has 2 aromatic carbocycles. The number of benzene rings is 2. The van der Waals surface area contributed by atoms with Gasteiger partial charge in [-0.3, -0.25) is 14.9 Å². The van der Waals surface area contributed by atoms with Crippen molar-refractivity contribution in [1.29, 1.82) is 0 Å². The largest absolute Gasteiger partial charge is 0.490 e. The maximum atomic E-state index is 13.2. The van der Waals surface area contributed by atoms with Gasteiger partial charge in [0.15, 0.2) is 11.5 Å². The van der Waals surface area contributed by atoms with Crippen molar-refractivity contribution in [3.63, 3.8) is 0 Å². The number of urea groups is 1. The predicted octanol–water partition coefficient (Wildman–Crippen LogP) is 4.44. The number of barbiturate groups is 1. The van der Waals surface area contributed by atoms with Crippen LogP contribution < -0.4 is 19.7 Å². The Morgan fingerprint density at radius 1 is 1.00 bits per heavy atom. The van der Waals surface area contributed by atoms with Gasteiger partial charge in [0.25, 0.3) is 11.8 Å². The summed E-state index contributed by atoms with van der Waals surface area (Å²) in [5.74, 6) is -0.320. The van der Waals surface area contributed by atoms with Crippen molar-refractivity contribution in [2.45, 2.75) is 33.6 Å². The van der Waals surface area contributed by atoms with E-state index in [0.717, 1.165) is 22.4 Å². The Morgan fingerprint density at radius 2 is 1.70 bits per heavy atom. The number of imide groups is 2. The molecule has 172 valence electrons. The van der Waals surface area contributed by atoms with Crippen LogP contribution >= 0.6 is 0 Å². The summed E-state index contributed by atoms with van der Waals surface area (Å²) in [6.07, 6.45) is 4.55. The van der Waals surface area contributed by atoms with Crippen molar-refractivity contribution in [2.24, 2.45) is 0 Å². The van der Waals surface area contributed by atoms with Gasteiger partial charge in [0.1, 0.15) is 5.57 Å². The summed E-state index contributed by atoms with van der Waals surface area (Å²) in [7, 11) is 0. The first-order valence-corrected chi connectivity index (χ1v) is 11.0. The van der Waals surface area contributed by atoms with E-state index in [4.69, 9.17) is 9.47 Å². The van der Waals surface area contributed by atoms with Gasteiger partial charge in [0.2, 0.25) is 0 Å². The summed E-state index contributed by atoms with van der Waals surface area (Å²) in [5.41, 5.74) is 2.71. The Kier molecular flexibility index (Phi) is 7.66. The Bertz CT molecular complexity index is 1100. The average molecular weight is 449 g/mol. The third-order valence-electron chi connectivity index (χ3n) is 5.12. The maximum absolute atomic E-state index is 13.2. The second kappa shape index (κ2) is 10.6. The Hall–Kier alpha value is -3.87. The monoisotopic (exact) mass is 448 g/mol. The molecule has 0 bridgehead atoms. The molecule has 33 heavy (non-hydrogen) atoms.